The molecule has 0 aliphatic heterocycles. The molecule has 0 fully saturated rings. The van der Waals surface area contributed by atoms with Crippen molar-refractivity contribution in [2.45, 2.75) is 131 Å². The monoisotopic (exact) mass is 504 g/mol. The zero-order valence-electron chi connectivity index (χ0n) is 21.3. The molecule has 32 heavy (non-hydrogen) atoms. The van der Waals surface area contributed by atoms with E-state index in [-0.39, 0.29) is 12.2 Å². The van der Waals surface area contributed by atoms with Crippen LogP contribution in [0.5, 0.6) is 0 Å². The first-order valence-electron chi connectivity index (χ1n) is 12.3. The molecule has 0 aromatic heterocycles. The van der Waals surface area contributed by atoms with Crippen molar-refractivity contribution in [1.29, 1.82) is 0 Å². The van der Waals surface area contributed by atoms with E-state index in [2.05, 4.69) is 22.9 Å². The Morgan fingerprint density at radius 1 is 0.562 bits per heavy atom. The van der Waals surface area contributed by atoms with E-state index < -0.39 is 15.6 Å². The normalized spacial score (nSPS) is 12.3. The van der Waals surface area contributed by atoms with Crippen LogP contribution in [0.2, 0.25) is 0 Å². The van der Waals surface area contributed by atoms with Crippen LogP contribution < -0.4 is 0 Å². The van der Waals surface area contributed by atoms with Crippen molar-refractivity contribution < 1.29 is 37.0 Å². The summed E-state index contributed by atoms with van der Waals surface area (Å²) in [5.41, 5.74) is 0. The predicted molar refractivity (Wildman–Crippen MR) is 131 cm³/mol. The topological polar surface area (TPSA) is 112 Å². The Kier molecular flexibility index (Phi) is 23.4. The fourth-order valence-corrected chi connectivity index (χ4v) is 4.63. The Balaban J connectivity index is 0. The summed E-state index contributed by atoms with van der Waals surface area (Å²) >= 11 is 0. The molecule has 0 aliphatic carbocycles. The fraction of sp³-hybridized carbons (Fsp3) is 1.00. The van der Waals surface area contributed by atoms with Crippen LogP contribution in [0.15, 0.2) is 0 Å². The van der Waals surface area contributed by atoms with Crippen molar-refractivity contribution in [1.82, 2.24) is 0 Å². The van der Waals surface area contributed by atoms with Crippen molar-refractivity contribution in [3.63, 3.8) is 0 Å². The molecule has 0 atom stereocenters. The van der Waals surface area contributed by atoms with E-state index in [1.54, 1.807) is 27.7 Å². The highest BCUT2D eigenvalue weighted by molar-refractivity contribution is 7.47. The molecule has 0 saturated carbocycles. The molecule has 0 aromatic carbocycles. The molecule has 196 valence electrons. The van der Waals surface area contributed by atoms with Crippen LogP contribution >= 0.6 is 15.6 Å². The summed E-state index contributed by atoms with van der Waals surface area (Å²) in [4.78, 5) is 18.5. The molecule has 0 unspecified atom stereocenters. The second-order valence-electron chi connectivity index (χ2n) is 8.45. The Morgan fingerprint density at radius 3 is 1.19 bits per heavy atom. The summed E-state index contributed by atoms with van der Waals surface area (Å²) in [7, 11) is -7.62. The van der Waals surface area contributed by atoms with Crippen molar-refractivity contribution in [3.05, 3.63) is 0 Å². The molecule has 0 aromatic rings. The zero-order chi connectivity index (χ0) is 24.9. The van der Waals surface area contributed by atoms with Gasteiger partial charge in [-0.1, -0.05) is 78.1 Å². The number of hydrogen-bond acceptors (Lipinski definition) is 6. The maximum Gasteiger partial charge on any atom is 0.472 e. The van der Waals surface area contributed by atoms with E-state index in [1.807, 2.05) is 0 Å². The average molecular weight is 505 g/mol. The first-order chi connectivity index (χ1) is 15.0. The zero-order valence-corrected chi connectivity index (χ0v) is 23.1. The van der Waals surface area contributed by atoms with Crippen LogP contribution in [0.1, 0.15) is 119 Å². The molecule has 0 spiro atoms. The number of phosphoric acid groups is 2. The molecular formula is C22H50O8P2. The second kappa shape index (κ2) is 21.7. The summed E-state index contributed by atoms with van der Waals surface area (Å²) in [6, 6.07) is 0. The van der Waals surface area contributed by atoms with Crippen LogP contribution in [0.3, 0.4) is 0 Å². The molecule has 0 saturated heterocycles. The summed E-state index contributed by atoms with van der Waals surface area (Å²) < 4.78 is 41.8. The van der Waals surface area contributed by atoms with Crippen LogP contribution in [0, 0.1) is 0 Å². The Bertz CT molecular complexity index is 464. The third-order valence-electron chi connectivity index (χ3n) is 4.19. The van der Waals surface area contributed by atoms with Gasteiger partial charge in [0, 0.05) is 0 Å². The molecular weight excluding hydrogens is 454 g/mol. The first-order valence-corrected chi connectivity index (χ1v) is 15.3. The maximum atomic E-state index is 11.6. The lowest BCUT2D eigenvalue weighted by atomic mass is 10.1. The summed E-state index contributed by atoms with van der Waals surface area (Å²) in [6.07, 6.45) is 13.0. The van der Waals surface area contributed by atoms with Crippen molar-refractivity contribution in [2.75, 3.05) is 13.2 Å². The van der Waals surface area contributed by atoms with Gasteiger partial charge in [0.25, 0.3) is 0 Å². The minimum atomic E-state index is -3.82. The van der Waals surface area contributed by atoms with E-state index >= 15 is 0 Å². The fourth-order valence-electron chi connectivity index (χ4n) is 2.72. The lowest BCUT2D eigenvalue weighted by molar-refractivity contribution is 0.0984. The molecule has 0 heterocycles. The minimum Gasteiger partial charge on any atom is -0.302 e. The standard InChI is InChI=1S/C16H35O4P.C6H15O4P/c1-3-5-7-9-11-13-15-19-21(17,18)20-16-14-12-10-8-6-4-2;1-5(2)9-11(7,8)10-6(3)4/h3-16H2,1-2H3,(H,17,18);5-6H,1-4H3,(H,7,8). The van der Waals surface area contributed by atoms with Crippen molar-refractivity contribution in [2.24, 2.45) is 0 Å². The number of phosphoric ester groups is 2. The largest absolute Gasteiger partial charge is 0.472 e. The Hall–Kier alpha value is 0.220. The molecule has 2 N–H and O–H groups in total. The van der Waals surface area contributed by atoms with E-state index in [0.29, 0.717) is 13.2 Å². The van der Waals surface area contributed by atoms with Gasteiger partial charge in [-0.25, -0.2) is 9.13 Å². The minimum absolute atomic E-state index is 0.301. The molecule has 0 aliphatic rings. The smallest absolute Gasteiger partial charge is 0.302 e. The molecule has 0 rings (SSSR count). The average Bonchev–Trinajstić information content (AvgIpc) is 2.65. The first kappa shape index (κ1) is 34.4. The predicted octanol–water partition coefficient (Wildman–Crippen LogP) is 7.78. The molecule has 0 bridgehead atoms. The Morgan fingerprint density at radius 2 is 0.875 bits per heavy atom. The molecule has 0 radical (unpaired) electrons. The summed E-state index contributed by atoms with van der Waals surface area (Å²) in [5.74, 6) is 0. The van der Waals surface area contributed by atoms with Gasteiger partial charge in [0.15, 0.2) is 0 Å². The van der Waals surface area contributed by atoms with Gasteiger partial charge in [0.1, 0.15) is 0 Å². The molecule has 0 amide bonds. The van der Waals surface area contributed by atoms with Gasteiger partial charge in [-0.3, -0.25) is 18.1 Å². The quantitative estimate of drug-likeness (QED) is 0.128. The molecule has 10 heteroatoms. The van der Waals surface area contributed by atoms with Gasteiger partial charge >= 0.3 is 15.6 Å². The Labute approximate surface area is 197 Å². The van der Waals surface area contributed by atoms with E-state index in [1.165, 1.54) is 51.4 Å². The highest BCUT2D eigenvalue weighted by Gasteiger charge is 2.23. The highest BCUT2D eigenvalue weighted by Crippen LogP contribution is 2.45. The number of hydrogen-bond donors (Lipinski definition) is 2. The van der Waals surface area contributed by atoms with Crippen molar-refractivity contribution in [3.8, 4) is 0 Å². The lowest BCUT2D eigenvalue weighted by Crippen LogP contribution is -2.06. The van der Waals surface area contributed by atoms with Crippen LogP contribution in [-0.2, 0) is 27.2 Å². The van der Waals surface area contributed by atoms with Crippen molar-refractivity contribution >= 4 is 15.6 Å². The van der Waals surface area contributed by atoms with Gasteiger partial charge in [0.2, 0.25) is 0 Å². The van der Waals surface area contributed by atoms with Gasteiger partial charge in [0.05, 0.1) is 25.4 Å². The van der Waals surface area contributed by atoms with Crippen LogP contribution in [-0.4, -0.2) is 35.2 Å². The van der Waals surface area contributed by atoms with Gasteiger partial charge < -0.3 is 9.79 Å². The van der Waals surface area contributed by atoms with Crippen LogP contribution in [0.4, 0.5) is 0 Å². The van der Waals surface area contributed by atoms with E-state index in [0.717, 1.165) is 25.7 Å². The molecule has 8 nitrogen and oxygen atoms in total. The number of rotatable bonds is 20. The third-order valence-corrected chi connectivity index (χ3v) is 6.59. The maximum absolute atomic E-state index is 11.6. The number of unbranched alkanes of at least 4 members (excludes halogenated alkanes) is 10. The van der Waals surface area contributed by atoms with Gasteiger partial charge in [-0.15, -0.1) is 0 Å². The lowest BCUT2D eigenvalue weighted by Gasteiger charge is -2.16. The van der Waals surface area contributed by atoms with Crippen LogP contribution in [0.25, 0.3) is 0 Å². The second-order valence-corrected chi connectivity index (χ2v) is 11.3. The van der Waals surface area contributed by atoms with E-state index in [9.17, 15) is 14.0 Å². The van der Waals surface area contributed by atoms with Gasteiger partial charge in [-0.2, -0.15) is 0 Å². The highest BCUT2D eigenvalue weighted by atomic mass is 31.2. The van der Waals surface area contributed by atoms with Gasteiger partial charge in [-0.05, 0) is 40.5 Å². The van der Waals surface area contributed by atoms with E-state index in [4.69, 9.17) is 13.9 Å². The summed E-state index contributed by atoms with van der Waals surface area (Å²) in [6.45, 7) is 11.7. The SMILES string of the molecule is CC(C)OP(=O)(O)OC(C)C.CCCCCCCCOP(=O)(O)OCCCCCCCC. The summed E-state index contributed by atoms with van der Waals surface area (Å²) in [5, 5.41) is 0. The third kappa shape index (κ3) is 28.3.